The number of aliphatic carboxylic acids is 1. The molecule has 0 spiro atoms. The Labute approximate surface area is 69.8 Å². The van der Waals surface area contributed by atoms with Crippen LogP contribution >= 0.6 is 11.8 Å². The van der Waals surface area contributed by atoms with Crippen LogP contribution in [0.5, 0.6) is 0 Å². The first-order valence-corrected chi connectivity index (χ1v) is 4.60. The Balaban J connectivity index is 2.63. The number of carboxylic acids is 1. The minimum atomic E-state index is -1.21. The fraction of sp³-hybridized carbons (Fsp3) is 0.857. The highest BCUT2D eigenvalue weighted by molar-refractivity contribution is 8.00. The zero-order valence-corrected chi connectivity index (χ0v) is 7.23. The largest absolute Gasteiger partial charge is 0.479 e. The van der Waals surface area contributed by atoms with E-state index in [-0.39, 0.29) is 0 Å². The zero-order chi connectivity index (χ0) is 8.48. The van der Waals surface area contributed by atoms with Gasteiger partial charge in [0, 0.05) is 4.75 Å². The number of carboxylic acid groups (broad SMARTS) is 1. The fourth-order valence-corrected chi connectivity index (χ4v) is 2.58. The lowest BCUT2D eigenvalue weighted by Crippen LogP contribution is -2.39. The van der Waals surface area contributed by atoms with Gasteiger partial charge in [-0.2, -0.15) is 11.8 Å². The summed E-state index contributed by atoms with van der Waals surface area (Å²) in [5.74, 6) is -0.150. The maximum absolute atomic E-state index is 10.4. The predicted molar refractivity (Wildman–Crippen MR) is 43.7 cm³/mol. The van der Waals surface area contributed by atoms with Gasteiger partial charge in [-0.1, -0.05) is 0 Å². The standard InChI is InChI=1S/C7H12O3S/c1-7(3-2-4-11-7)5(8)6(9)10/h5,8H,2-4H2,1H3,(H,9,10). The molecular weight excluding hydrogens is 164 g/mol. The molecule has 0 bridgehead atoms. The van der Waals surface area contributed by atoms with Gasteiger partial charge in [0.2, 0.25) is 0 Å². The van der Waals surface area contributed by atoms with Gasteiger partial charge in [0.15, 0.2) is 6.10 Å². The van der Waals surface area contributed by atoms with E-state index in [1.54, 1.807) is 11.8 Å². The third kappa shape index (κ3) is 1.68. The van der Waals surface area contributed by atoms with Crippen molar-refractivity contribution in [3.05, 3.63) is 0 Å². The molecule has 1 aliphatic rings. The second-order valence-corrected chi connectivity index (χ2v) is 4.64. The third-order valence-electron chi connectivity index (χ3n) is 2.06. The van der Waals surface area contributed by atoms with Crippen molar-refractivity contribution in [3.8, 4) is 0 Å². The van der Waals surface area contributed by atoms with Crippen LogP contribution in [0.4, 0.5) is 0 Å². The Hall–Kier alpha value is -0.220. The van der Waals surface area contributed by atoms with Crippen molar-refractivity contribution < 1.29 is 15.0 Å². The highest BCUT2D eigenvalue weighted by Gasteiger charge is 2.40. The third-order valence-corrected chi connectivity index (χ3v) is 3.64. The van der Waals surface area contributed by atoms with Crippen LogP contribution in [0.15, 0.2) is 0 Å². The first-order chi connectivity index (χ1) is 5.06. The zero-order valence-electron chi connectivity index (χ0n) is 6.41. The van der Waals surface area contributed by atoms with Gasteiger partial charge in [0.1, 0.15) is 0 Å². The molecule has 0 aromatic rings. The van der Waals surface area contributed by atoms with Crippen LogP contribution in [-0.4, -0.2) is 32.8 Å². The van der Waals surface area contributed by atoms with Crippen LogP contribution in [0.1, 0.15) is 19.8 Å². The van der Waals surface area contributed by atoms with E-state index in [1.165, 1.54) is 0 Å². The van der Waals surface area contributed by atoms with Crippen LogP contribution in [-0.2, 0) is 4.79 Å². The molecule has 1 rings (SSSR count). The molecule has 0 saturated carbocycles. The molecule has 4 heteroatoms. The maximum atomic E-state index is 10.4. The number of rotatable bonds is 2. The minimum absolute atomic E-state index is 0.453. The fourth-order valence-electron chi connectivity index (χ4n) is 1.28. The molecule has 0 radical (unpaired) electrons. The number of hydrogen-bond donors (Lipinski definition) is 2. The SMILES string of the molecule is CC1(C(O)C(=O)O)CCCS1. The Morgan fingerprint density at radius 1 is 1.73 bits per heavy atom. The Morgan fingerprint density at radius 2 is 2.36 bits per heavy atom. The van der Waals surface area contributed by atoms with Crippen LogP contribution in [0, 0.1) is 0 Å². The molecule has 1 heterocycles. The Bertz CT molecular complexity index is 163. The molecule has 2 N–H and O–H groups in total. The molecular formula is C7H12O3S. The first-order valence-electron chi connectivity index (χ1n) is 3.61. The number of thioether (sulfide) groups is 1. The summed E-state index contributed by atoms with van der Waals surface area (Å²) in [6.45, 7) is 1.81. The molecule has 3 nitrogen and oxygen atoms in total. The highest BCUT2D eigenvalue weighted by Crippen LogP contribution is 2.40. The van der Waals surface area contributed by atoms with E-state index < -0.39 is 16.8 Å². The second kappa shape index (κ2) is 3.03. The monoisotopic (exact) mass is 176 g/mol. The lowest BCUT2D eigenvalue weighted by Gasteiger charge is -2.25. The summed E-state index contributed by atoms with van der Waals surface area (Å²) in [6.07, 6.45) is 0.589. The van der Waals surface area contributed by atoms with Crippen LogP contribution < -0.4 is 0 Å². The predicted octanol–water partition coefficient (Wildman–Crippen LogP) is 0.718. The summed E-state index contributed by atoms with van der Waals surface area (Å²) in [6, 6.07) is 0. The molecule has 1 fully saturated rings. The average molecular weight is 176 g/mol. The van der Waals surface area contributed by atoms with Gasteiger partial charge in [-0.25, -0.2) is 4.79 Å². The average Bonchev–Trinajstić information content (AvgIpc) is 2.35. The summed E-state index contributed by atoms with van der Waals surface area (Å²) in [5, 5.41) is 17.8. The summed E-state index contributed by atoms with van der Waals surface area (Å²) < 4.78 is -0.453. The topological polar surface area (TPSA) is 57.5 Å². The summed E-state index contributed by atoms with van der Waals surface area (Å²) in [5.41, 5.74) is 0. The number of carbonyl (C=O) groups is 1. The first kappa shape index (κ1) is 8.87. The van der Waals surface area contributed by atoms with Crippen molar-refractivity contribution in [2.75, 3.05) is 5.75 Å². The molecule has 0 aromatic heterocycles. The van der Waals surface area contributed by atoms with Crippen molar-refractivity contribution in [2.24, 2.45) is 0 Å². The molecule has 0 aromatic carbocycles. The van der Waals surface area contributed by atoms with Gasteiger partial charge in [-0.05, 0) is 25.5 Å². The quantitative estimate of drug-likeness (QED) is 0.651. The maximum Gasteiger partial charge on any atom is 0.333 e. The van der Waals surface area contributed by atoms with Gasteiger partial charge in [0.25, 0.3) is 0 Å². The summed E-state index contributed by atoms with van der Waals surface area (Å²) in [7, 11) is 0. The van der Waals surface area contributed by atoms with Gasteiger partial charge in [-0.3, -0.25) is 0 Å². The molecule has 0 amide bonds. The van der Waals surface area contributed by atoms with Crippen LogP contribution in [0.3, 0.4) is 0 Å². The smallest absolute Gasteiger partial charge is 0.333 e. The van der Waals surface area contributed by atoms with E-state index in [2.05, 4.69) is 0 Å². The highest BCUT2D eigenvalue weighted by atomic mass is 32.2. The van der Waals surface area contributed by atoms with Crippen LogP contribution in [0.25, 0.3) is 0 Å². The van der Waals surface area contributed by atoms with E-state index >= 15 is 0 Å². The van der Waals surface area contributed by atoms with Gasteiger partial charge >= 0.3 is 5.97 Å². The lowest BCUT2D eigenvalue weighted by atomic mass is 9.99. The van der Waals surface area contributed by atoms with Gasteiger partial charge < -0.3 is 10.2 Å². The Morgan fingerprint density at radius 3 is 2.73 bits per heavy atom. The van der Waals surface area contributed by atoms with Crippen molar-refractivity contribution in [2.45, 2.75) is 30.6 Å². The lowest BCUT2D eigenvalue weighted by molar-refractivity contribution is -0.148. The number of aliphatic hydroxyl groups is 1. The molecule has 64 valence electrons. The number of hydrogen-bond acceptors (Lipinski definition) is 3. The molecule has 2 unspecified atom stereocenters. The minimum Gasteiger partial charge on any atom is -0.479 e. The van der Waals surface area contributed by atoms with Gasteiger partial charge in [0.05, 0.1) is 0 Å². The normalized spacial score (nSPS) is 33.6. The van der Waals surface area contributed by atoms with E-state index in [4.69, 9.17) is 5.11 Å². The van der Waals surface area contributed by atoms with E-state index in [1.807, 2.05) is 6.92 Å². The number of aliphatic hydroxyl groups excluding tert-OH is 1. The van der Waals surface area contributed by atoms with Crippen LogP contribution in [0.2, 0.25) is 0 Å². The summed E-state index contributed by atoms with van der Waals surface area (Å²) >= 11 is 1.55. The van der Waals surface area contributed by atoms with E-state index in [0.717, 1.165) is 18.6 Å². The van der Waals surface area contributed by atoms with Crippen molar-refractivity contribution in [1.29, 1.82) is 0 Å². The van der Waals surface area contributed by atoms with Crippen molar-refractivity contribution >= 4 is 17.7 Å². The summed E-state index contributed by atoms with van der Waals surface area (Å²) in [4.78, 5) is 10.4. The molecule has 0 aliphatic carbocycles. The molecule has 1 saturated heterocycles. The van der Waals surface area contributed by atoms with E-state index in [9.17, 15) is 9.90 Å². The molecule has 1 aliphatic heterocycles. The Kier molecular flexibility index (Phi) is 2.44. The van der Waals surface area contributed by atoms with Gasteiger partial charge in [-0.15, -0.1) is 0 Å². The molecule has 2 atom stereocenters. The van der Waals surface area contributed by atoms with Crippen molar-refractivity contribution in [3.63, 3.8) is 0 Å². The van der Waals surface area contributed by atoms with Crippen molar-refractivity contribution in [1.82, 2.24) is 0 Å². The van der Waals surface area contributed by atoms with E-state index in [0.29, 0.717) is 0 Å². The second-order valence-electron chi connectivity index (χ2n) is 3.01. The molecule has 11 heavy (non-hydrogen) atoms.